The van der Waals surface area contributed by atoms with Gasteiger partial charge in [0.1, 0.15) is 5.75 Å². The van der Waals surface area contributed by atoms with E-state index in [-0.39, 0.29) is 0 Å². The first kappa shape index (κ1) is 16.8. The normalized spacial score (nSPS) is 10.6. The maximum Gasteiger partial charge on any atom is 0.210 e. The van der Waals surface area contributed by atoms with E-state index in [2.05, 4.69) is 47.6 Å². The molecule has 3 rings (SSSR count). The summed E-state index contributed by atoms with van der Waals surface area (Å²) in [6.45, 7) is 4.78. The first-order valence-corrected chi connectivity index (χ1v) is 9.49. The van der Waals surface area contributed by atoms with Crippen LogP contribution in [0.4, 0.5) is 10.8 Å². The molecule has 1 aromatic heterocycles. The standard InChI is InChI=1S/C18H19N3OS2/c1-13-7-9-15(10-8-13)22-11-12-23-18-21-20-17(24-18)19-16-6-4-3-5-14(16)2/h3-10H,11-12H2,1-2H3,(H,19,20). The summed E-state index contributed by atoms with van der Waals surface area (Å²) in [7, 11) is 0. The van der Waals surface area contributed by atoms with Crippen molar-refractivity contribution in [3.63, 3.8) is 0 Å². The summed E-state index contributed by atoms with van der Waals surface area (Å²) in [6, 6.07) is 16.2. The van der Waals surface area contributed by atoms with Gasteiger partial charge in [-0.05, 0) is 37.6 Å². The zero-order valence-corrected chi connectivity index (χ0v) is 15.3. The van der Waals surface area contributed by atoms with Gasteiger partial charge in [0.15, 0.2) is 4.34 Å². The highest BCUT2D eigenvalue weighted by Gasteiger charge is 2.06. The van der Waals surface area contributed by atoms with Crippen molar-refractivity contribution in [3.8, 4) is 5.75 Å². The van der Waals surface area contributed by atoms with Crippen LogP contribution >= 0.6 is 23.1 Å². The number of rotatable bonds is 7. The molecule has 0 bridgehead atoms. The molecule has 0 aliphatic carbocycles. The molecule has 124 valence electrons. The number of hydrogen-bond acceptors (Lipinski definition) is 6. The Morgan fingerprint density at radius 2 is 1.83 bits per heavy atom. The molecular weight excluding hydrogens is 338 g/mol. The van der Waals surface area contributed by atoms with Gasteiger partial charge in [-0.3, -0.25) is 0 Å². The molecule has 2 aromatic carbocycles. The molecule has 3 aromatic rings. The second-order valence-electron chi connectivity index (χ2n) is 5.32. The zero-order chi connectivity index (χ0) is 16.8. The van der Waals surface area contributed by atoms with Crippen molar-refractivity contribution in [2.75, 3.05) is 17.7 Å². The molecule has 0 spiro atoms. The van der Waals surface area contributed by atoms with Crippen molar-refractivity contribution in [3.05, 3.63) is 59.7 Å². The van der Waals surface area contributed by atoms with Gasteiger partial charge in [-0.15, -0.1) is 10.2 Å². The zero-order valence-electron chi connectivity index (χ0n) is 13.7. The lowest BCUT2D eigenvalue weighted by atomic mass is 10.2. The maximum atomic E-state index is 5.72. The first-order chi connectivity index (χ1) is 11.7. The molecule has 4 nitrogen and oxygen atoms in total. The van der Waals surface area contributed by atoms with Gasteiger partial charge in [-0.25, -0.2) is 0 Å². The monoisotopic (exact) mass is 357 g/mol. The Kier molecular flexibility index (Phi) is 5.72. The summed E-state index contributed by atoms with van der Waals surface area (Å²) < 4.78 is 6.66. The van der Waals surface area contributed by atoms with Crippen molar-refractivity contribution in [2.24, 2.45) is 0 Å². The van der Waals surface area contributed by atoms with Crippen molar-refractivity contribution < 1.29 is 4.74 Å². The minimum Gasteiger partial charge on any atom is -0.493 e. The number of para-hydroxylation sites is 1. The Labute approximate surface area is 150 Å². The number of anilines is 2. The molecule has 0 atom stereocenters. The van der Waals surface area contributed by atoms with Gasteiger partial charge in [0.25, 0.3) is 0 Å². The van der Waals surface area contributed by atoms with E-state index in [9.17, 15) is 0 Å². The Morgan fingerprint density at radius 3 is 2.62 bits per heavy atom. The molecule has 6 heteroatoms. The van der Waals surface area contributed by atoms with Crippen molar-refractivity contribution >= 4 is 33.9 Å². The van der Waals surface area contributed by atoms with E-state index < -0.39 is 0 Å². The van der Waals surface area contributed by atoms with Crippen molar-refractivity contribution in [2.45, 2.75) is 18.2 Å². The summed E-state index contributed by atoms with van der Waals surface area (Å²) in [5.74, 6) is 1.74. The molecule has 0 amide bonds. The van der Waals surface area contributed by atoms with E-state index in [0.717, 1.165) is 26.7 Å². The predicted octanol–water partition coefficient (Wildman–Crippen LogP) is 5.07. The number of thioether (sulfide) groups is 1. The van der Waals surface area contributed by atoms with Crippen LogP contribution in [0.3, 0.4) is 0 Å². The predicted molar refractivity (Wildman–Crippen MR) is 102 cm³/mol. The Balaban J connectivity index is 1.46. The number of benzene rings is 2. The molecular formula is C18H19N3OS2. The Hall–Kier alpha value is -2.05. The van der Waals surface area contributed by atoms with Gasteiger partial charge in [0, 0.05) is 11.4 Å². The summed E-state index contributed by atoms with van der Waals surface area (Å²) in [6.07, 6.45) is 0. The van der Waals surface area contributed by atoms with Crippen molar-refractivity contribution in [1.82, 2.24) is 10.2 Å². The van der Waals surface area contributed by atoms with Crippen LogP contribution in [0.1, 0.15) is 11.1 Å². The molecule has 0 unspecified atom stereocenters. The molecule has 1 N–H and O–H groups in total. The lowest BCUT2D eigenvalue weighted by Gasteiger charge is -2.05. The topological polar surface area (TPSA) is 47.0 Å². The van der Waals surface area contributed by atoms with Crippen LogP contribution in [0.15, 0.2) is 52.9 Å². The first-order valence-electron chi connectivity index (χ1n) is 7.69. The fraction of sp³-hybridized carbons (Fsp3) is 0.222. The lowest BCUT2D eigenvalue weighted by Crippen LogP contribution is -1.99. The Bertz CT molecular complexity index is 787. The Morgan fingerprint density at radius 1 is 1.04 bits per heavy atom. The van der Waals surface area contributed by atoms with Crippen LogP contribution in [-0.2, 0) is 0 Å². The second-order valence-corrected chi connectivity index (χ2v) is 7.64. The third kappa shape index (κ3) is 4.72. The van der Waals surface area contributed by atoms with Crippen LogP contribution in [-0.4, -0.2) is 22.6 Å². The van der Waals surface area contributed by atoms with Crippen LogP contribution in [0, 0.1) is 13.8 Å². The highest BCUT2D eigenvalue weighted by Crippen LogP contribution is 2.28. The fourth-order valence-corrected chi connectivity index (χ4v) is 3.72. The van der Waals surface area contributed by atoms with Gasteiger partial charge in [-0.1, -0.05) is 59.0 Å². The van der Waals surface area contributed by atoms with Gasteiger partial charge in [-0.2, -0.15) is 0 Å². The molecule has 0 saturated carbocycles. The highest BCUT2D eigenvalue weighted by atomic mass is 32.2. The molecule has 0 aliphatic heterocycles. The third-order valence-corrected chi connectivity index (χ3v) is 5.33. The van der Waals surface area contributed by atoms with E-state index >= 15 is 0 Å². The molecule has 0 radical (unpaired) electrons. The second kappa shape index (κ2) is 8.17. The number of nitrogens with one attached hydrogen (secondary N) is 1. The average molecular weight is 358 g/mol. The number of aryl methyl sites for hydroxylation is 2. The average Bonchev–Trinajstić information content (AvgIpc) is 3.03. The summed E-state index contributed by atoms with van der Waals surface area (Å²) in [5.41, 5.74) is 3.49. The number of aromatic nitrogens is 2. The molecule has 0 fully saturated rings. The maximum absolute atomic E-state index is 5.72. The van der Waals surface area contributed by atoms with Crippen LogP contribution < -0.4 is 10.1 Å². The molecule has 0 aliphatic rings. The van der Waals surface area contributed by atoms with Crippen LogP contribution in [0.25, 0.3) is 0 Å². The van der Waals surface area contributed by atoms with E-state index in [0.29, 0.717) is 6.61 Å². The van der Waals surface area contributed by atoms with Gasteiger partial charge in [0.2, 0.25) is 5.13 Å². The van der Waals surface area contributed by atoms with E-state index in [1.807, 2.05) is 30.3 Å². The number of hydrogen-bond donors (Lipinski definition) is 1. The van der Waals surface area contributed by atoms with Crippen LogP contribution in [0.2, 0.25) is 0 Å². The van der Waals surface area contributed by atoms with Crippen LogP contribution in [0.5, 0.6) is 5.75 Å². The van der Waals surface area contributed by atoms with Gasteiger partial charge >= 0.3 is 0 Å². The van der Waals surface area contributed by atoms with E-state index in [4.69, 9.17) is 4.74 Å². The summed E-state index contributed by atoms with van der Waals surface area (Å²) in [5, 5.41) is 12.5. The smallest absolute Gasteiger partial charge is 0.210 e. The molecule has 24 heavy (non-hydrogen) atoms. The quantitative estimate of drug-likeness (QED) is 0.472. The minimum atomic E-state index is 0.647. The molecule has 0 saturated heterocycles. The van der Waals surface area contributed by atoms with E-state index in [1.165, 1.54) is 11.1 Å². The SMILES string of the molecule is Cc1ccc(OCCSc2nnc(Nc3ccccc3C)s2)cc1. The molecule has 1 heterocycles. The highest BCUT2D eigenvalue weighted by molar-refractivity contribution is 8.01. The number of nitrogens with zero attached hydrogens (tertiary/aromatic N) is 2. The summed E-state index contributed by atoms with van der Waals surface area (Å²) in [4.78, 5) is 0. The number of ether oxygens (including phenoxy) is 1. The summed E-state index contributed by atoms with van der Waals surface area (Å²) >= 11 is 3.22. The largest absolute Gasteiger partial charge is 0.493 e. The fourth-order valence-electron chi connectivity index (χ4n) is 2.07. The van der Waals surface area contributed by atoms with Gasteiger partial charge in [0.05, 0.1) is 6.61 Å². The van der Waals surface area contributed by atoms with E-state index in [1.54, 1.807) is 23.1 Å². The van der Waals surface area contributed by atoms with Gasteiger partial charge < -0.3 is 10.1 Å². The lowest BCUT2D eigenvalue weighted by molar-refractivity contribution is 0.344. The minimum absolute atomic E-state index is 0.647. The third-order valence-electron chi connectivity index (χ3n) is 3.39. The van der Waals surface area contributed by atoms with Crippen molar-refractivity contribution in [1.29, 1.82) is 0 Å².